The molecule has 0 amide bonds. The zero-order valence-corrected chi connectivity index (χ0v) is 16.0. The van der Waals surface area contributed by atoms with Gasteiger partial charge in [0, 0.05) is 22.4 Å². The first-order chi connectivity index (χ1) is 12.2. The van der Waals surface area contributed by atoms with Crippen molar-refractivity contribution in [2.75, 3.05) is 11.5 Å². The normalized spacial score (nSPS) is 20.0. The molecule has 3 rings (SSSR count). The minimum atomic E-state index is 0.181. The van der Waals surface area contributed by atoms with Gasteiger partial charge in [-0.05, 0) is 68.9 Å². The zero-order chi connectivity index (χ0) is 17.7. The molecule has 25 heavy (non-hydrogen) atoms. The van der Waals surface area contributed by atoms with Gasteiger partial charge in [-0.2, -0.15) is 0 Å². The summed E-state index contributed by atoms with van der Waals surface area (Å²) in [5.74, 6) is 1.50. The molecular weight excluding hydrogens is 304 g/mol. The lowest BCUT2D eigenvalue weighted by molar-refractivity contribution is 0.159. The van der Waals surface area contributed by atoms with E-state index in [1.54, 1.807) is 0 Å². The summed E-state index contributed by atoms with van der Waals surface area (Å²) >= 11 is 0. The summed E-state index contributed by atoms with van der Waals surface area (Å²) in [5, 5.41) is 0. The van der Waals surface area contributed by atoms with Crippen LogP contribution in [-0.2, 0) is 5.41 Å². The number of nitrogen functional groups attached to an aromatic ring is 2. The highest BCUT2D eigenvalue weighted by Gasteiger charge is 2.49. The van der Waals surface area contributed by atoms with Crippen molar-refractivity contribution in [3.05, 3.63) is 35.9 Å². The quantitative estimate of drug-likeness (QED) is 0.457. The highest BCUT2D eigenvalue weighted by atomic mass is 14.7. The highest BCUT2D eigenvalue weighted by molar-refractivity contribution is 5.65. The number of hydrogen-bond donors (Lipinski definition) is 2. The topological polar surface area (TPSA) is 52.0 Å². The van der Waals surface area contributed by atoms with Gasteiger partial charge >= 0.3 is 0 Å². The van der Waals surface area contributed by atoms with E-state index in [0.717, 1.165) is 36.1 Å². The van der Waals surface area contributed by atoms with Gasteiger partial charge in [-0.3, -0.25) is 0 Å². The second-order valence-corrected chi connectivity index (χ2v) is 8.23. The van der Waals surface area contributed by atoms with Crippen LogP contribution in [-0.4, -0.2) is 0 Å². The van der Waals surface area contributed by atoms with Gasteiger partial charge in [-0.1, -0.05) is 50.8 Å². The second kappa shape index (κ2) is 8.29. The summed E-state index contributed by atoms with van der Waals surface area (Å²) in [6, 6.07) is 6.16. The van der Waals surface area contributed by atoms with Gasteiger partial charge in [0.15, 0.2) is 0 Å². The van der Waals surface area contributed by atoms with Crippen molar-refractivity contribution in [3.63, 3.8) is 0 Å². The van der Waals surface area contributed by atoms with E-state index >= 15 is 0 Å². The minimum absolute atomic E-state index is 0.181. The van der Waals surface area contributed by atoms with Crippen LogP contribution in [0.25, 0.3) is 0 Å². The first kappa shape index (κ1) is 18.4. The van der Waals surface area contributed by atoms with E-state index in [1.807, 2.05) is 6.07 Å². The molecule has 0 aliphatic heterocycles. The van der Waals surface area contributed by atoms with E-state index in [4.69, 9.17) is 11.5 Å². The molecule has 0 unspecified atom stereocenters. The molecule has 138 valence electrons. The average Bonchev–Trinajstić information content (AvgIpc) is 3.31. The first-order valence-electron chi connectivity index (χ1n) is 10.5. The van der Waals surface area contributed by atoms with Crippen molar-refractivity contribution in [1.29, 1.82) is 0 Å². The van der Waals surface area contributed by atoms with Crippen LogP contribution < -0.4 is 11.5 Å². The van der Waals surface area contributed by atoms with Gasteiger partial charge in [0.05, 0.1) is 0 Å². The highest BCUT2D eigenvalue weighted by Crippen LogP contribution is 2.57. The Morgan fingerprint density at radius 2 is 1.44 bits per heavy atom. The molecule has 0 heterocycles. The Kier molecular flexibility index (Phi) is 6.09. The number of anilines is 2. The molecule has 1 aromatic carbocycles. The van der Waals surface area contributed by atoms with Crippen LogP contribution in [0.4, 0.5) is 11.4 Å². The molecule has 2 aliphatic carbocycles. The van der Waals surface area contributed by atoms with Crippen molar-refractivity contribution >= 4 is 11.4 Å². The zero-order valence-electron chi connectivity index (χ0n) is 16.0. The SMILES string of the molecule is CC/C=C/CCC(c1c(N)cccc1N)(C1CCCC1)C1CCCC1. The third kappa shape index (κ3) is 3.59. The van der Waals surface area contributed by atoms with Crippen LogP contribution in [0.1, 0.15) is 83.1 Å². The summed E-state index contributed by atoms with van der Waals surface area (Å²) in [4.78, 5) is 0. The van der Waals surface area contributed by atoms with E-state index in [0.29, 0.717) is 0 Å². The maximum Gasteiger partial charge on any atom is 0.0373 e. The number of benzene rings is 1. The number of allylic oxidation sites excluding steroid dienone is 2. The monoisotopic (exact) mass is 340 g/mol. The fourth-order valence-corrected chi connectivity index (χ4v) is 5.89. The lowest BCUT2D eigenvalue weighted by Crippen LogP contribution is -2.42. The Bertz CT molecular complexity index is 542. The predicted molar refractivity (Wildman–Crippen MR) is 110 cm³/mol. The van der Waals surface area contributed by atoms with Crippen molar-refractivity contribution in [1.82, 2.24) is 0 Å². The summed E-state index contributed by atoms with van der Waals surface area (Å²) < 4.78 is 0. The van der Waals surface area contributed by atoms with E-state index < -0.39 is 0 Å². The van der Waals surface area contributed by atoms with Crippen LogP contribution >= 0.6 is 0 Å². The van der Waals surface area contributed by atoms with Crippen LogP contribution in [0.15, 0.2) is 30.4 Å². The Morgan fingerprint density at radius 1 is 0.920 bits per heavy atom. The molecule has 0 spiro atoms. The van der Waals surface area contributed by atoms with Gasteiger partial charge in [0.1, 0.15) is 0 Å². The van der Waals surface area contributed by atoms with Crippen LogP contribution in [0.3, 0.4) is 0 Å². The summed E-state index contributed by atoms with van der Waals surface area (Å²) in [6.07, 6.45) is 19.1. The molecular formula is C23H36N2. The van der Waals surface area contributed by atoms with Crippen LogP contribution in [0, 0.1) is 11.8 Å². The van der Waals surface area contributed by atoms with E-state index in [9.17, 15) is 0 Å². The van der Waals surface area contributed by atoms with Gasteiger partial charge in [0.25, 0.3) is 0 Å². The van der Waals surface area contributed by atoms with E-state index in [2.05, 4.69) is 31.2 Å². The molecule has 2 heteroatoms. The Labute approximate surface area is 154 Å². The largest absolute Gasteiger partial charge is 0.398 e. The van der Waals surface area contributed by atoms with E-state index in [1.165, 1.54) is 63.4 Å². The van der Waals surface area contributed by atoms with Gasteiger partial charge in [-0.15, -0.1) is 0 Å². The van der Waals surface area contributed by atoms with Gasteiger partial charge in [-0.25, -0.2) is 0 Å². The Morgan fingerprint density at radius 3 is 1.92 bits per heavy atom. The molecule has 0 atom stereocenters. The minimum Gasteiger partial charge on any atom is -0.398 e. The fraction of sp³-hybridized carbons (Fsp3) is 0.652. The maximum absolute atomic E-state index is 6.58. The Balaban J connectivity index is 2.07. The van der Waals surface area contributed by atoms with Crippen LogP contribution in [0.2, 0.25) is 0 Å². The summed E-state index contributed by atoms with van der Waals surface area (Å²) in [7, 11) is 0. The first-order valence-corrected chi connectivity index (χ1v) is 10.5. The molecule has 0 radical (unpaired) electrons. The van der Waals surface area contributed by atoms with Gasteiger partial charge in [0.2, 0.25) is 0 Å². The standard InChI is InChI=1S/C23H36N2/c1-2-3-4-9-17-23(18-11-5-6-12-18,19-13-7-8-14-19)22-20(24)15-10-16-21(22)25/h3-4,10,15-16,18-19H,2,5-9,11-14,17,24-25H2,1H3/b4-3+. The lowest BCUT2D eigenvalue weighted by atomic mass is 9.58. The molecule has 2 aliphatic rings. The van der Waals surface area contributed by atoms with Crippen molar-refractivity contribution in [2.45, 2.75) is 83.0 Å². The van der Waals surface area contributed by atoms with Gasteiger partial charge < -0.3 is 11.5 Å². The molecule has 2 fully saturated rings. The summed E-state index contributed by atoms with van der Waals surface area (Å²) in [5.41, 5.74) is 16.5. The smallest absolute Gasteiger partial charge is 0.0373 e. The number of rotatable bonds is 7. The molecule has 4 N–H and O–H groups in total. The molecule has 0 bridgehead atoms. The van der Waals surface area contributed by atoms with Crippen molar-refractivity contribution in [2.24, 2.45) is 11.8 Å². The lowest BCUT2D eigenvalue weighted by Gasteiger charge is -2.46. The van der Waals surface area contributed by atoms with Crippen LogP contribution in [0.5, 0.6) is 0 Å². The molecule has 2 nitrogen and oxygen atoms in total. The summed E-state index contributed by atoms with van der Waals surface area (Å²) in [6.45, 7) is 2.21. The second-order valence-electron chi connectivity index (χ2n) is 8.23. The molecule has 2 saturated carbocycles. The van der Waals surface area contributed by atoms with E-state index in [-0.39, 0.29) is 5.41 Å². The average molecular weight is 341 g/mol. The third-order valence-corrected chi connectivity index (χ3v) is 6.89. The third-order valence-electron chi connectivity index (χ3n) is 6.89. The molecule has 0 aromatic heterocycles. The molecule has 0 saturated heterocycles. The van der Waals surface area contributed by atoms with Crippen molar-refractivity contribution in [3.8, 4) is 0 Å². The number of nitrogens with two attached hydrogens (primary N) is 2. The predicted octanol–water partition coefficient (Wildman–Crippen LogP) is 6.22. The fourth-order valence-electron chi connectivity index (χ4n) is 5.89. The Hall–Kier alpha value is -1.44. The maximum atomic E-state index is 6.58. The molecule has 1 aromatic rings. The number of hydrogen-bond acceptors (Lipinski definition) is 2. The van der Waals surface area contributed by atoms with Crippen molar-refractivity contribution < 1.29 is 0 Å².